The first-order valence-corrected chi connectivity index (χ1v) is 10.8. The third-order valence-corrected chi connectivity index (χ3v) is 6.40. The van der Waals surface area contributed by atoms with Crippen LogP contribution in [-0.4, -0.2) is 44.7 Å². The van der Waals surface area contributed by atoms with Crippen molar-refractivity contribution in [1.29, 1.82) is 0 Å². The molecule has 1 N–H and O–H groups in total. The van der Waals surface area contributed by atoms with E-state index in [1.54, 1.807) is 4.90 Å². The van der Waals surface area contributed by atoms with Gasteiger partial charge in [-0.3, -0.25) is 9.59 Å². The zero-order valence-corrected chi connectivity index (χ0v) is 17.1. The summed E-state index contributed by atoms with van der Waals surface area (Å²) in [7, 11) is 0. The molecule has 2 heterocycles. The van der Waals surface area contributed by atoms with Crippen LogP contribution in [0.5, 0.6) is 0 Å². The number of ether oxygens (including phenoxy) is 1. The molecule has 2 amide bonds. The lowest BCUT2D eigenvalue weighted by Gasteiger charge is -2.28. The summed E-state index contributed by atoms with van der Waals surface area (Å²) >= 11 is 0. The zero-order chi connectivity index (χ0) is 20.5. The first-order chi connectivity index (χ1) is 14.7. The van der Waals surface area contributed by atoms with Crippen LogP contribution < -0.4 is 15.1 Å². The largest absolute Gasteiger partial charge is 0.378 e. The van der Waals surface area contributed by atoms with Gasteiger partial charge < -0.3 is 19.9 Å². The highest BCUT2D eigenvalue weighted by Crippen LogP contribution is 2.31. The Morgan fingerprint density at radius 1 is 0.967 bits per heavy atom. The highest BCUT2D eigenvalue weighted by Gasteiger charge is 2.35. The Morgan fingerprint density at radius 2 is 1.70 bits per heavy atom. The summed E-state index contributed by atoms with van der Waals surface area (Å²) in [5.41, 5.74) is 5.55. The summed E-state index contributed by atoms with van der Waals surface area (Å²) in [6.45, 7) is 3.70. The summed E-state index contributed by atoms with van der Waals surface area (Å²) in [5, 5.41) is 2.99. The number of anilines is 3. The van der Waals surface area contributed by atoms with Crippen molar-refractivity contribution in [2.24, 2.45) is 5.92 Å². The molecule has 2 aromatic carbocycles. The van der Waals surface area contributed by atoms with E-state index in [-0.39, 0.29) is 24.2 Å². The molecule has 0 unspecified atom stereocenters. The number of carbonyl (C=O) groups is 2. The third-order valence-electron chi connectivity index (χ3n) is 6.40. The van der Waals surface area contributed by atoms with Gasteiger partial charge in [-0.25, -0.2) is 0 Å². The standard InChI is InChI=1S/C24H27N3O3/c28-23-15-19(16-27(23)22-7-4-17-2-1-3-18(17)14-22)24(29)25-20-5-8-21(9-6-20)26-10-12-30-13-11-26/h4-9,14,19H,1-3,10-13,15-16H2,(H,25,29)/t19-/m1/s1. The number of amides is 2. The summed E-state index contributed by atoms with van der Waals surface area (Å²) in [5.74, 6) is -0.397. The van der Waals surface area contributed by atoms with Crippen LogP contribution in [0.2, 0.25) is 0 Å². The lowest BCUT2D eigenvalue weighted by atomic mass is 10.1. The fraction of sp³-hybridized carbons (Fsp3) is 0.417. The minimum absolute atomic E-state index is 0.0239. The highest BCUT2D eigenvalue weighted by molar-refractivity contribution is 6.03. The van der Waals surface area contributed by atoms with E-state index in [4.69, 9.17) is 4.74 Å². The van der Waals surface area contributed by atoms with Gasteiger partial charge in [0.15, 0.2) is 0 Å². The monoisotopic (exact) mass is 405 g/mol. The number of aryl methyl sites for hydroxylation is 2. The van der Waals surface area contributed by atoms with Crippen molar-refractivity contribution in [3.63, 3.8) is 0 Å². The van der Waals surface area contributed by atoms with Crippen molar-refractivity contribution in [3.05, 3.63) is 53.6 Å². The van der Waals surface area contributed by atoms with E-state index in [0.717, 1.165) is 56.2 Å². The molecule has 0 aromatic heterocycles. The van der Waals surface area contributed by atoms with Gasteiger partial charge in [-0.1, -0.05) is 6.07 Å². The lowest BCUT2D eigenvalue weighted by Crippen LogP contribution is -2.36. The predicted octanol–water partition coefficient (Wildman–Crippen LogP) is 3.00. The van der Waals surface area contributed by atoms with Gasteiger partial charge in [-0.2, -0.15) is 0 Å². The van der Waals surface area contributed by atoms with Crippen molar-refractivity contribution in [2.75, 3.05) is 48.0 Å². The second-order valence-electron chi connectivity index (χ2n) is 8.35. The Hall–Kier alpha value is -2.86. The van der Waals surface area contributed by atoms with E-state index in [1.807, 2.05) is 30.3 Å². The maximum atomic E-state index is 12.8. The molecule has 5 rings (SSSR count). The molecular formula is C24H27N3O3. The minimum Gasteiger partial charge on any atom is -0.378 e. The molecule has 0 bridgehead atoms. The van der Waals surface area contributed by atoms with Crippen molar-refractivity contribution < 1.29 is 14.3 Å². The van der Waals surface area contributed by atoms with Crippen LogP contribution in [-0.2, 0) is 27.2 Å². The predicted molar refractivity (Wildman–Crippen MR) is 117 cm³/mol. The molecule has 3 aliphatic rings. The quantitative estimate of drug-likeness (QED) is 0.850. The summed E-state index contributed by atoms with van der Waals surface area (Å²) < 4.78 is 5.40. The molecule has 6 nitrogen and oxygen atoms in total. The molecule has 0 radical (unpaired) electrons. The smallest absolute Gasteiger partial charge is 0.229 e. The Morgan fingerprint density at radius 3 is 2.50 bits per heavy atom. The molecule has 1 atom stereocenters. The van der Waals surface area contributed by atoms with E-state index >= 15 is 0 Å². The van der Waals surface area contributed by atoms with Gasteiger partial charge in [0.2, 0.25) is 11.8 Å². The van der Waals surface area contributed by atoms with Crippen LogP contribution in [0.4, 0.5) is 17.1 Å². The molecule has 2 aliphatic heterocycles. The number of benzene rings is 2. The van der Waals surface area contributed by atoms with Gasteiger partial charge in [0, 0.05) is 43.1 Å². The van der Waals surface area contributed by atoms with E-state index in [9.17, 15) is 9.59 Å². The molecule has 30 heavy (non-hydrogen) atoms. The van der Waals surface area contributed by atoms with Crippen LogP contribution in [0.15, 0.2) is 42.5 Å². The summed E-state index contributed by atoms with van der Waals surface area (Å²) in [4.78, 5) is 29.4. The van der Waals surface area contributed by atoms with Crippen molar-refractivity contribution in [3.8, 4) is 0 Å². The first-order valence-electron chi connectivity index (χ1n) is 10.8. The normalized spacial score (nSPS) is 21.1. The topological polar surface area (TPSA) is 61.9 Å². The van der Waals surface area contributed by atoms with Gasteiger partial charge in [0.25, 0.3) is 0 Å². The van der Waals surface area contributed by atoms with Gasteiger partial charge in [-0.05, 0) is 66.8 Å². The number of morpholine rings is 1. The second kappa shape index (κ2) is 8.11. The average molecular weight is 405 g/mol. The fourth-order valence-electron chi connectivity index (χ4n) is 4.68. The highest BCUT2D eigenvalue weighted by atomic mass is 16.5. The SMILES string of the molecule is O=C(Nc1ccc(N2CCOCC2)cc1)[C@@H]1CC(=O)N(c2ccc3c(c2)CCC3)C1. The van der Waals surface area contributed by atoms with E-state index in [0.29, 0.717) is 6.54 Å². The third kappa shape index (κ3) is 3.79. The van der Waals surface area contributed by atoms with Gasteiger partial charge in [0.05, 0.1) is 19.1 Å². The van der Waals surface area contributed by atoms with Crippen molar-refractivity contribution in [2.45, 2.75) is 25.7 Å². The van der Waals surface area contributed by atoms with Crippen LogP contribution >= 0.6 is 0 Å². The first kappa shape index (κ1) is 19.1. The van der Waals surface area contributed by atoms with Crippen molar-refractivity contribution in [1.82, 2.24) is 0 Å². The summed E-state index contributed by atoms with van der Waals surface area (Å²) in [6, 6.07) is 14.2. The molecule has 0 spiro atoms. The Kier molecular flexibility index (Phi) is 5.17. The van der Waals surface area contributed by atoms with E-state index in [1.165, 1.54) is 17.5 Å². The molecule has 2 saturated heterocycles. The zero-order valence-electron chi connectivity index (χ0n) is 17.1. The van der Waals surface area contributed by atoms with Crippen molar-refractivity contribution >= 4 is 28.9 Å². The van der Waals surface area contributed by atoms with Crippen LogP contribution in [0, 0.1) is 5.92 Å². The number of hydrogen-bond acceptors (Lipinski definition) is 4. The van der Waals surface area contributed by atoms with E-state index in [2.05, 4.69) is 22.3 Å². The lowest BCUT2D eigenvalue weighted by molar-refractivity contribution is -0.122. The molecule has 156 valence electrons. The van der Waals surface area contributed by atoms with Gasteiger partial charge >= 0.3 is 0 Å². The van der Waals surface area contributed by atoms with Crippen LogP contribution in [0.1, 0.15) is 24.0 Å². The van der Waals surface area contributed by atoms with E-state index < -0.39 is 0 Å². The average Bonchev–Trinajstić information content (AvgIpc) is 3.41. The Balaban J connectivity index is 1.22. The Labute approximate surface area is 176 Å². The summed E-state index contributed by atoms with van der Waals surface area (Å²) in [6.07, 6.45) is 3.64. The maximum absolute atomic E-state index is 12.8. The molecule has 2 aromatic rings. The molecule has 0 saturated carbocycles. The number of nitrogens with one attached hydrogen (secondary N) is 1. The van der Waals surface area contributed by atoms with Gasteiger partial charge in [0.1, 0.15) is 0 Å². The molecular weight excluding hydrogens is 378 g/mol. The number of hydrogen-bond donors (Lipinski definition) is 1. The van der Waals surface area contributed by atoms with Gasteiger partial charge in [-0.15, -0.1) is 0 Å². The van der Waals surface area contributed by atoms with Crippen LogP contribution in [0.25, 0.3) is 0 Å². The molecule has 2 fully saturated rings. The molecule has 1 aliphatic carbocycles. The number of rotatable bonds is 4. The minimum atomic E-state index is -0.329. The Bertz CT molecular complexity index is 951. The number of nitrogens with zero attached hydrogens (tertiary/aromatic N) is 2. The maximum Gasteiger partial charge on any atom is 0.229 e. The molecule has 6 heteroatoms. The second-order valence-corrected chi connectivity index (χ2v) is 8.35. The van der Waals surface area contributed by atoms with Crippen LogP contribution in [0.3, 0.4) is 0 Å². The fourth-order valence-corrected chi connectivity index (χ4v) is 4.68. The number of carbonyl (C=O) groups excluding carboxylic acids is 2. The number of fused-ring (bicyclic) bond motifs is 1.